The van der Waals surface area contributed by atoms with Crippen LogP contribution in [0.2, 0.25) is 0 Å². The molecule has 0 saturated heterocycles. The van der Waals surface area contributed by atoms with E-state index >= 15 is 0 Å². The Morgan fingerprint density at radius 1 is 1.43 bits per heavy atom. The molecule has 6 nitrogen and oxygen atoms in total. The molecule has 1 amide bonds. The lowest BCUT2D eigenvalue weighted by molar-refractivity contribution is -0.147. The lowest BCUT2D eigenvalue weighted by Gasteiger charge is -2.18. The lowest BCUT2D eigenvalue weighted by atomic mass is 9.90. The number of rotatable bonds is 6. The Labute approximate surface area is 139 Å². The summed E-state index contributed by atoms with van der Waals surface area (Å²) in [7, 11) is 1.88. The highest BCUT2D eigenvalue weighted by molar-refractivity contribution is 7.20. The van der Waals surface area contributed by atoms with Crippen LogP contribution in [-0.2, 0) is 11.8 Å². The standard InChI is InChI=1S/C16H23N3O3S/c1-9(2)12-10-8-11(23-14(10)19(5)18-12)13(20)17-7-6-16(3,4)15(21)22/h8-9H,6-7H2,1-5H3,(H,17,20)(H,21,22). The first kappa shape index (κ1) is 17.5. The predicted molar refractivity (Wildman–Crippen MR) is 91.0 cm³/mol. The molecule has 0 fully saturated rings. The van der Waals surface area contributed by atoms with E-state index in [1.807, 2.05) is 13.1 Å². The number of carboxylic acids is 1. The zero-order chi connectivity index (χ0) is 17.4. The smallest absolute Gasteiger partial charge is 0.309 e. The summed E-state index contributed by atoms with van der Waals surface area (Å²) >= 11 is 1.41. The van der Waals surface area contributed by atoms with Crippen LogP contribution in [0.25, 0.3) is 10.2 Å². The zero-order valence-electron chi connectivity index (χ0n) is 14.1. The largest absolute Gasteiger partial charge is 0.481 e. The molecule has 0 aromatic carbocycles. The number of carbonyl (C=O) groups excluding carboxylic acids is 1. The Hall–Kier alpha value is -1.89. The quantitative estimate of drug-likeness (QED) is 0.849. The minimum Gasteiger partial charge on any atom is -0.481 e. The van der Waals surface area contributed by atoms with Crippen molar-refractivity contribution < 1.29 is 14.7 Å². The molecule has 126 valence electrons. The van der Waals surface area contributed by atoms with Gasteiger partial charge in [0.25, 0.3) is 5.91 Å². The van der Waals surface area contributed by atoms with Gasteiger partial charge in [-0.2, -0.15) is 5.10 Å². The normalized spacial score (nSPS) is 12.1. The molecule has 0 aliphatic carbocycles. The van der Waals surface area contributed by atoms with Crippen molar-refractivity contribution in [2.24, 2.45) is 12.5 Å². The number of amides is 1. The third-order valence-electron chi connectivity index (χ3n) is 3.93. The fourth-order valence-corrected chi connectivity index (χ4v) is 3.28. The van der Waals surface area contributed by atoms with Gasteiger partial charge in [0.1, 0.15) is 4.83 Å². The molecule has 2 heterocycles. The van der Waals surface area contributed by atoms with E-state index in [2.05, 4.69) is 24.3 Å². The molecular weight excluding hydrogens is 314 g/mol. The Balaban J connectivity index is 2.10. The van der Waals surface area contributed by atoms with Gasteiger partial charge in [-0.25, -0.2) is 0 Å². The van der Waals surface area contributed by atoms with Gasteiger partial charge in [-0.1, -0.05) is 13.8 Å². The monoisotopic (exact) mass is 337 g/mol. The highest BCUT2D eigenvalue weighted by Gasteiger charge is 2.27. The van der Waals surface area contributed by atoms with Gasteiger partial charge in [-0.05, 0) is 32.3 Å². The van der Waals surface area contributed by atoms with E-state index in [4.69, 9.17) is 5.11 Å². The van der Waals surface area contributed by atoms with E-state index < -0.39 is 11.4 Å². The van der Waals surface area contributed by atoms with Gasteiger partial charge < -0.3 is 10.4 Å². The third-order valence-corrected chi connectivity index (χ3v) is 5.13. The number of nitrogens with one attached hydrogen (secondary N) is 1. The predicted octanol–water partition coefficient (Wildman–Crippen LogP) is 2.99. The van der Waals surface area contributed by atoms with Crippen LogP contribution in [0.5, 0.6) is 0 Å². The van der Waals surface area contributed by atoms with Crippen molar-refractivity contribution in [3.63, 3.8) is 0 Å². The maximum atomic E-state index is 12.3. The molecule has 23 heavy (non-hydrogen) atoms. The van der Waals surface area contributed by atoms with Gasteiger partial charge in [0.15, 0.2) is 0 Å². The summed E-state index contributed by atoms with van der Waals surface area (Å²) in [5.74, 6) is -0.732. The Bertz CT molecular complexity index is 743. The van der Waals surface area contributed by atoms with Crippen LogP contribution in [0.15, 0.2) is 6.07 Å². The summed E-state index contributed by atoms with van der Waals surface area (Å²) in [6, 6.07) is 1.88. The minimum absolute atomic E-state index is 0.165. The number of carboxylic acid groups (broad SMARTS) is 1. The first-order chi connectivity index (χ1) is 10.6. The summed E-state index contributed by atoms with van der Waals surface area (Å²) in [5, 5.41) is 17.4. The molecule has 2 aromatic heterocycles. The number of fused-ring (bicyclic) bond motifs is 1. The van der Waals surface area contributed by atoms with Crippen molar-refractivity contribution in [2.45, 2.75) is 40.0 Å². The van der Waals surface area contributed by atoms with Gasteiger partial charge in [-0.3, -0.25) is 14.3 Å². The maximum Gasteiger partial charge on any atom is 0.309 e. The average Bonchev–Trinajstić information content (AvgIpc) is 2.99. The molecule has 0 bridgehead atoms. The number of hydrogen-bond donors (Lipinski definition) is 2. The number of nitrogens with zero attached hydrogens (tertiary/aromatic N) is 2. The Morgan fingerprint density at radius 2 is 2.09 bits per heavy atom. The van der Waals surface area contributed by atoms with Crippen molar-refractivity contribution in [3.8, 4) is 0 Å². The van der Waals surface area contributed by atoms with Crippen LogP contribution in [-0.4, -0.2) is 33.3 Å². The van der Waals surface area contributed by atoms with Crippen LogP contribution >= 0.6 is 11.3 Å². The molecular formula is C16H23N3O3S. The molecule has 0 aliphatic rings. The van der Waals surface area contributed by atoms with E-state index in [1.165, 1.54) is 11.3 Å². The van der Waals surface area contributed by atoms with Crippen molar-refractivity contribution in [3.05, 3.63) is 16.6 Å². The molecule has 0 unspecified atom stereocenters. The Kier molecular flexibility index (Phi) is 4.79. The lowest BCUT2D eigenvalue weighted by Crippen LogP contribution is -2.31. The second kappa shape index (κ2) is 6.31. The van der Waals surface area contributed by atoms with E-state index in [9.17, 15) is 9.59 Å². The van der Waals surface area contributed by atoms with Crippen LogP contribution in [0, 0.1) is 5.41 Å². The summed E-state index contributed by atoms with van der Waals surface area (Å²) in [6.45, 7) is 7.80. The second-order valence-electron chi connectivity index (χ2n) is 6.69. The number of hydrogen-bond acceptors (Lipinski definition) is 4. The molecule has 2 N–H and O–H groups in total. The number of aryl methyl sites for hydroxylation is 1. The van der Waals surface area contributed by atoms with E-state index in [0.29, 0.717) is 23.8 Å². The first-order valence-corrected chi connectivity index (χ1v) is 8.43. The molecule has 0 saturated carbocycles. The molecule has 0 atom stereocenters. The first-order valence-electron chi connectivity index (χ1n) is 7.61. The van der Waals surface area contributed by atoms with Crippen molar-refractivity contribution in [1.82, 2.24) is 15.1 Å². The van der Waals surface area contributed by atoms with Crippen molar-refractivity contribution in [2.75, 3.05) is 6.54 Å². The number of carbonyl (C=O) groups is 2. The molecule has 7 heteroatoms. The minimum atomic E-state index is -0.860. The fraction of sp³-hybridized carbons (Fsp3) is 0.562. The van der Waals surface area contributed by atoms with Gasteiger partial charge in [0.05, 0.1) is 16.0 Å². The molecule has 2 aromatic rings. The average molecular weight is 337 g/mol. The number of aliphatic carboxylic acids is 1. The summed E-state index contributed by atoms with van der Waals surface area (Å²) in [4.78, 5) is 25.0. The van der Waals surface area contributed by atoms with Crippen LogP contribution in [0.1, 0.15) is 55.4 Å². The fourth-order valence-electron chi connectivity index (χ4n) is 2.29. The number of thiophene rings is 1. The number of aromatic nitrogens is 2. The second-order valence-corrected chi connectivity index (χ2v) is 7.72. The zero-order valence-corrected chi connectivity index (χ0v) is 15.0. The maximum absolute atomic E-state index is 12.3. The van der Waals surface area contributed by atoms with E-state index in [1.54, 1.807) is 18.5 Å². The van der Waals surface area contributed by atoms with Crippen LogP contribution < -0.4 is 5.32 Å². The van der Waals surface area contributed by atoms with Gasteiger partial charge in [-0.15, -0.1) is 11.3 Å². The van der Waals surface area contributed by atoms with Gasteiger partial charge in [0.2, 0.25) is 0 Å². The highest BCUT2D eigenvalue weighted by Crippen LogP contribution is 2.31. The summed E-state index contributed by atoms with van der Waals surface area (Å²) in [5.41, 5.74) is 0.146. The third kappa shape index (κ3) is 3.55. The molecule has 0 aliphatic heterocycles. The van der Waals surface area contributed by atoms with Crippen LogP contribution in [0.4, 0.5) is 0 Å². The van der Waals surface area contributed by atoms with Gasteiger partial charge in [0, 0.05) is 19.0 Å². The van der Waals surface area contributed by atoms with Crippen LogP contribution in [0.3, 0.4) is 0 Å². The van der Waals surface area contributed by atoms with Crippen molar-refractivity contribution >= 4 is 33.4 Å². The topological polar surface area (TPSA) is 84.2 Å². The molecule has 0 radical (unpaired) electrons. The van der Waals surface area contributed by atoms with Crippen molar-refractivity contribution in [1.29, 1.82) is 0 Å². The SMILES string of the molecule is CC(C)c1nn(C)c2sc(C(=O)NCCC(C)(C)C(=O)O)cc12. The Morgan fingerprint density at radius 3 is 2.65 bits per heavy atom. The molecule has 0 spiro atoms. The summed E-state index contributed by atoms with van der Waals surface area (Å²) < 4.78 is 1.81. The summed E-state index contributed by atoms with van der Waals surface area (Å²) in [6.07, 6.45) is 0.387. The highest BCUT2D eigenvalue weighted by atomic mass is 32.1. The van der Waals surface area contributed by atoms with E-state index in [0.717, 1.165) is 15.9 Å². The van der Waals surface area contributed by atoms with Gasteiger partial charge >= 0.3 is 5.97 Å². The van der Waals surface area contributed by atoms with E-state index in [-0.39, 0.29) is 5.91 Å². The molecule has 2 rings (SSSR count).